The molecule has 5 N–H and O–H groups in total. The van der Waals surface area contributed by atoms with Crippen LogP contribution in [0.25, 0.3) is 16.5 Å². The monoisotopic (exact) mass is 955 g/mol. The van der Waals surface area contributed by atoms with Gasteiger partial charge in [-0.05, 0) is 72.3 Å². The van der Waals surface area contributed by atoms with Gasteiger partial charge in [0.25, 0.3) is 5.91 Å². The Balaban J connectivity index is 0.913. The van der Waals surface area contributed by atoms with E-state index in [2.05, 4.69) is 31.2 Å². The van der Waals surface area contributed by atoms with Gasteiger partial charge in [0.05, 0.1) is 41.9 Å². The first-order valence-electron chi connectivity index (χ1n) is 23.2. The van der Waals surface area contributed by atoms with Gasteiger partial charge in [0, 0.05) is 57.4 Å². The Hall–Kier alpha value is -6.07. The standard InChI is InChI=1S/C51H63F2N7O7S/c1-32-45(68-31-58-32)37-15-13-34(14-16-37)27-57-48(65)41-26-39(61)30-60(41)49(66)46(50(2,3)4)59-43(62)11-6-7-22-54-44(63)24-35-9-8-10-36(23-35)28-56-47(64)40-25-38(42(67-5)29-55-40)17-12-33-18-20-51(52,53)21-19-33/h8-10,12-17,23,25,29,31,33,39,41,46,61H,6-7,11,18-22,24,26-28,30H2,1-5H3,(H,54,63)(H,56,64)(H,57,65)(H,59,62). The maximum atomic E-state index is 14.0. The summed E-state index contributed by atoms with van der Waals surface area (Å²) in [5.41, 5.74) is 6.31. The molecule has 0 bridgehead atoms. The number of allylic oxidation sites excluding steroid dienone is 1. The Kier molecular flexibility index (Phi) is 17.6. The van der Waals surface area contributed by atoms with Crippen LogP contribution in [0.15, 0.2) is 72.4 Å². The number of methoxy groups -OCH3 is 1. The molecule has 1 saturated heterocycles. The number of likely N-dealkylation sites (tertiary alicyclic amines) is 1. The molecule has 14 nitrogen and oxygen atoms in total. The number of thiazole rings is 1. The molecule has 6 rings (SSSR count). The molecule has 4 aromatic rings. The summed E-state index contributed by atoms with van der Waals surface area (Å²) in [6.45, 7) is 8.21. The van der Waals surface area contributed by atoms with Crippen LogP contribution in [0.5, 0.6) is 5.75 Å². The van der Waals surface area contributed by atoms with Crippen molar-refractivity contribution in [3.8, 4) is 16.2 Å². The highest BCUT2D eigenvalue weighted by Gasteiger charge is 2.44. The summed E-state index contributed by atoms with van der Waals surface area (Å²) in [7, 11) is 1.50. The fraction of sp³-hybridized carbons (Fsp3) is 0.471. The van der Waals surface area contributed by atoms with Crippen LogP contribution in [-0.2, 0) is 38.7 Å². The molecule has 3 unspecified atom stereocenters. The summed E-state index contributed by atoms with van der Waals surface area (Å²) >= 11 is 1.56. The zero-order valence-electron chi connectivity index (χ0n) is 39.4. The van der Waals surface area contributed by atoms with Crippen LogP contribution in [0.2, 0.25) is 0 Å². The first kappa shape index (κ1) is 51.3. The van der Waals surface area contributed by atoms with E-state index in [0.717, 1.165) is 32.8 Å². The number of carbonyl (C=O) groups excluding carboxylic acids is 5. The van der Waals surface area contributed by atoms with E-state index in [-0.39, 0.29) is 81.1 Å². The first-order valence-corrected chi connectivity index (χ1v) is 24.0. The highest BCUT2D eigenvalue weighted by Crippen LogP contribution is 2.37. The number of hydrogen-bond donors (Lipinski definition) is 5. The molecule has 2 aromatic heterocycles. The number of nitrogens with zero attached hydrogens (tertiary/aromatic N) is 3. The van der Waals surface area contributed by atoms with Gasteiger partial charge in [-0.3, -0.25) is 24.0 Å². The molecular weight excluding hydrogens is 893 g/mol. The lowest BCUT2D eigenvalue weighted by Crippen LogP contribution is -2.57. The third-order valence-corrected chi connectivity index (χ3v) is 13.3. The zero-order chi connectivity index (χ0) is 49.0. The molecule has 2 fully saturated rings. The number of pyridine rings is 1. The Morgan fingerprint density at radius 1 is 0.941 bits per heavy atom. The molecule has 0 radical (unpaired) electrons. The Bertz CT molecular complexity index is 2430. The van der Waals surface area contributed by atoms with Crippen molar-refractivity contribution >= 4 is 46.9 Å². The molecule has 1 aliphatic carbocycles. The molecule has 3 atom stereocenters. The number of aromatic nitrogens is 2. The summed E-state index contributed by atoms with van der Waals surface area (Å²) in [6, 6.07) is 14.9. The van der Waals surface area contributed by atoms with Crippen LogP contribution < -0.4 is 26.0 Å². The van der Waals surface area contributed by atoms with Gasteiger partial charge in [-0.25, -0.2) is 18.7 Å². The molecule has 1 saturated carbocycles. The number of hydrogen-bond acceptors (Lipinski definition) is 10. The van der Waals surface area contributed by atoms with Crippen LogP contribution in [0.1, 0.15) is 111 Å². The van der Waals surface area contributed by atoms with Crippen LogP contribution in [0.3, 0.4) is 0 Å². The largest absolute Gasteiger partial charge is 0.495 e. The van der Waals surface area contributed by atoms with Crippen molar-refractivity contribution in [2.45, 2.75) is 123 Å². The van der Waals surface area contributed by atoms with Crippen molar-refractivity contribution < 1.29 is 42.6 Å². The first-order chi connectivity index (χ1) is 32.4. The summed E-state index contributed by atoms with van der Waals surface area (Å²) < 4.78 is 32.6. The van der Waals surface area contributed by atoms with E-state index in [1.807, 2.05) is 76.2 Å². The second-order valence-corrected chi connectivity index (χ2v) is 19.6. The maximum Gasteiger partial charge on any atom is 0.270 e. The molecule has 17 heteroatoms. The van der Waals surface area contributed by atoms with Gasteiger partial charge in [0.1, 0.15) is 23.5 Å². The predicted octanol–water partition coefficient (Wildman–Crippen LogP) is 6.93. The second kappa shape index (κ2) is 23.3. The van der Waals surface area contributed by atoms with Gasteiger partial charge in [0.2, 0.25) is 29.6 Å². The number of ether oxygens (including phenoxy) is 1. The molecule has 2 aromatic carbocycles. The van der Waals surface area contributed by atoms with Crippen molar-refractivity contribution in [2.24, 2.45) is 11.3 Å². The number of aliphatic hydroxyl groups excluding tert-OH is 1. The van der Waals surface area contributed by atoms with Crippen LogP contribution in [0.4, 0.5) is 8.78 Å². The van der Waals surface area contributed by atoms with E-state index in [0.29, 0.717) is 43.5 Å². The zero-order valence-corrected chi connectivity index (χ0v) is 40.2. The molecule has 68 heavy (non-hydrogen) atoms. The quantitative estimate of drug-likeness (QED) is 0.0621. The van der Waals surface area contributed by atoms with Crippen LogP contribution in [-0.4, -0.2) is 93.8 Å². The van der Waals surface area contributed by atoms with Crippen molar-refractivity contribution in [2.75, 3.05) is 20.2 Å². The molecule has 364 valence electrons. The Labute approximate surface area is 400 Å². The van der Waals surface area contributed by atoms with Crippen LogP contribution in [0, 0.1) is 18.3 Å². The molecule has 3 heterocycles. The Morgan fingerprint density at radius 3 is 2.35 bits per heavy atom. The number of aliphatic hydroxyl groups is 1. The lowest BCUT2D eigenvalue weighted by atomic mass is 9.85. The lowest BCUT2D eigenvalue weighted by Gasteiger charge is -2.35. The fourth-order valence-corrected chi connectivity index (χ4v) is 9.21. The topological polar surface area (TPSA) is 192 Å². The summed E-state index contributed by atoms with van der Waals surface area (Å²) in [6.07, 6.45) is 6.03. The number of alkyl halides is 2. The minimum absolute atomic E-state index is 0.0162. The molecule has 2 aliphatic rings. The third kappa shape index (κ3) is 14.5. The van der Waals surface area contributed by atoms with Gasteiger partial charge < -0.3 is 36.0 Å². The Morgan fingerprint density at radius 2 is 1.66 bits per heavy atom. The molecule has 0 spiro atoms. The number of aryl methyl sites for hydroxylation is 1. The number of rotatable bonds is 19. The minimum Gasteiger partial charge on any atom is -0.495 e. The molecular formula is C51H63F2N7O7S. The van der Waals surface area contributed by atoms with Gasteiger partial charge in [-0.15, -0.1) is 11.3 Å². The SMILES string of the molecule is COc1cnc(C(=O)NCc2cccc(CC(=O)NCCCCC(=O)NC(C(=O)N3CC(O)CC3C(=O)NCc3ccc(-c4scnc4C)cc3)C(C)(C)C)c2)cc1C=CC1CCC(F)(F)CC1. The van der Waals surface area contributed by atoms with Crippen LogP contribution >= 0.6 is 11.3 Å². The molecule has 1 aliphatic heterocycles. The van der Waals surface area contributed by atoms with Gasteiger partial charge in [0.15, 0.2) is 0 Å². The van der Waals surface area contributed by atoms with Crippen molar-refractivity contribution in [1.29, 1.82) is 0 Å². The average Bonchev–Trinajstić information content (AvgIpc) is 3.93. The number of β-amino-alcohol motifs (C(OH)–C–C–N with tert-alkyl or cyclic N) is 1. The van der Waals surface area contributed by atoms with E-state index >= 15 is 0 Å². The van der Waals surface area contributed by atoms with E-state index in [1.165, 1.54) is 18.2 Å². The predicted molar refractivity (Wildman–Crippen MR) is 257 cm³/mol. The van der Waals surface area contributed by atoms with E-state index in [1.54, 1.807) is 35.1 Å². The van der Waals surface area contributed by atoms with Crippen molar-refractivity contribution in [1.82, 2.24) is 36.1 Å². The average molecular weight is 956 g/mol. The van der Waals surface area contributed by atoms with Crippen molar-refractivity contribution in [3.05, 3.63) is 106 Å². The fourth-order valence-electron chi connectivity index (χ4n) is 8.40. The van der Waals surface area contributed by atoms with E-state index in [4.69, 9.17) is 4.74 Å². The van der Waals surface area contributed by atoms with Gasteiger partial charge in [-0.1, -0.05) is 81.5 Å². The second-order valence-electron chi connectivity index (χ2n) is 18.8. The normalized spacial score (nSPS) is 17.7. The van der Waals surface area contributed by atoms with E-state index in [9.17, 15) is 37.9 Å². The van der Waals surface area contributed by atoms with E-state index < -0.39 is 41.3 Å². The van der Waals surface area contributed by atoms with Gasteiger partial charge in [-0.2, -0.15) is 0 Å². The van der Waals surface area contributed by atoms with Gasteiger partial charge >= 0.3 is 0 Å². The summed E-state index contributed by atoms with van der Waals surface area (Å²) in [5, 5.41) is 22.1. The number of unbranched alkanes of at least 4 members (excludes halogenated alkanes) is 1. The molecule has 5 amide bonds. The maximum absolute atomic E-state index is 14.0. The highest BCUT2D eigenvalue weighted by atomic mass is 32.1. The van der Waals surface area contributed by atoms with Crippen molar-refractivity contribution in [3.63, 3.8) is 0 Å². The lowest BCUT2D eigenvalue weighted by molar-refractivity contribution is -0.144. The number of halogens is 2. The number of benzene rings is 2. The smallest absolute Gasteiger partial charge is 0.270 e. The highest BCUT2D eigenvalue weighted by molar-refractivity contribution is 7.13. The summed E-state index contributed by atoms with van der Waals surface area (Å²) in [5.74, 6) is -3.90. The minimum atomic E-state index is -2.61. The number of carbonyl (C=O) groups is 5. The number of amides is 5. The number of nitrogens with one attached hydrogen (secondary N) is 4. The third-order valence-electron chi connectivity index (χ3n) is 12.3. The summed E-state index contributed by atoms with van der Waals surface area (Å²) in [4.78, 5) is 77.6.